The van der Waals surface area contributed by atoms with E-state index in [2.05, 4.69) is 20.8 Å². The van der Waals surface area contributed by atoms with Crippen molar-refractivity contribution in [2.45, 2.75) is 46.1 Å². The molecule has 0 fully saturated rings. The van der Waals surface area contributed by atoms with Crippen LogP contribution in [0.25, 0.3) is 0 Å². The number of nitrogens with zero attached hydrogens (tertiary/aromatic N) is 1. The summed E-state index contributed by atoms with van der Waals surface area (Å²) in [5, 5.41) is 9.73. The van der Waals surface area contributed by atoms with Crippen molar-refractivity contribution in [3.05, 3.63) is 0 Å². The van der Waals surface area contributed by atoms with Crippen molar-refractivity contribution in [3.8, 4) is 0 Å². The summed E-state index contributed by atoms with van der Waals surface area (Å²) >= 11 is 5.70. The molecule has 4 heteroatoms. The van der Waals surface area contributed by atoms with Gasteiger partial charge in [0, 0.05) is 0 Å². The van der Waals surface area contributed by atoms with Gasteiger partial charge in [-0.1, -0.05) is 20.8 Å². The van der Waals surface area contributed by atoms with Crippen LogP contribution in [0, 0.1) is 0 Å². The smallest absolute Gasteiger partial charge is 0.116 e. The van der Waals surface area contributed by atoms with Crippen molar-refractivity contribution in [1.82, 2.24) is 0 Å². The zero-order chi connectivity index (χ0) is 11.7. The lowest BCUT2D eigenvalue weighted by Crippen LogP contribution is -3.00. The van der Waals surface area contributed by atoms with Gasteiger partial charge in [0.15, 0.2) is 0 Å². The average molecular weight is 272 g/mol. The molecule has 0 amide bonds. The summed E-state index contributed by atoms with van der Waals surface area (Å²) in [4.78, 5) is 0. The van der Waals surface area contributed by atoms with Crippen LogP contribution in [0.3, 0.4) is 0 Å². The molecule has 0 spiro atoms. The average Bonchev–Trinajstić information content (AvgIpc) is 2.18. The minimum atomic E-state index is -0.351. The summed E-state index contributed by atoms with van der Waals surface area (Å²) in [5.74, 6) is 0.358. The van der Waals surface area contributed by atoms with Gasteiger partial charge in [-0.2, -0.15) is 0 Å². The Morgan fingerprint density at radius 2 is 1.38 bits per heavy atom. The van der Waals surface area contributed by atoms with Crippen molar-refractivity contribution in [2.24, 2.45) is 0 Å². The molecule has 0 aromatic carbocycles. The van der Waals surface area contributed by atoms with Crippen molar-refractivity contribution >= 4 is 11.6 Å². The molecule has 0 aromatic heterocycles. The van der Waals surface area contributed by atoms with E-state index in [-0.39, 0.29) is 18.5 Å². The van der Waals surface area contributed by atoms with Gasteiger partial charge in [-0.25, -0.2) is 0 Å². The standard InChI is InChI=1S/C12H27ClNO.ClH/c1-4-7-14(8-5-2,9-6-3)11-12(15)10-13;/h12,15H,4-11H2,1-3H3;1H/q+1;/p-1. The highest BCUT2D eigenvalue weighted by Gasteiger charge is 2.27. The first-order valence-corrected chi connectivity index (χ1v) is 6.76. The maximum Gasteiger partial charge on any atom is 0.116 e. The summed E-state index contributed by atoms with van der Waals surface area (Å²) in [6.07, 6.45) is 3.18. The monoisotopic (exact) mass is 271 g/mol. The van der Waals surface area contributed by atoms with Gasteiger partial charge >= 0.3 is 0 Å². The zero-order valence-corrected chi connectivity index (χ0v) is 12.4. The lowest BCUT2D eigenvalue weighted by atomic mass is 10.2. The molecule has 16 heavy (non-hydrogen) atoms. The number of quaternary nitrogens is 1. The minimum absolute atomic E-state index is 0. The van der Waals surface area contributed by atoms with E-state index in [1.54, 1.807) is 0 Å². The van der Waals surface area contributed by atoms with Crippen LogP contribution in [-0.2, 0) is 0 Å². The van der Waals surface area contributed by atoms with Gasteiger partial charge in [-0.05, 0) is 19.3 Å². The lowest BCUT2D eigenvalue weighted by molar-refractivity contribution is -0.930. The predicted molar refractivity (Wildman–Crippen MR) is 67.3 cm³/mol. The Balaban J connectivity index is 0. The molecule has 0 heterocycles. The fourth-order valence-electron chi connectivity index (χ4n) is 2.53. The molecule has 0 radical (unpaired) electrons. The van der Waals surface area contributed by atoms with Gasteiger partial charge < -0.3 is 22.0 Å². The molecule has 0 saturated carbocycles. The topological polar surface area (TPSA) is 20.2 Å². The van der Waals surface area contributed by atoms with Gasteiger partial charge in [0.2, 0.25) is 0 Å². The summed E-state index contributed by atoms with van der Waals surface area (Å²) in [6, 6.07) is 0. The van der Waals surface area contributed by atoms with E-state index < -0.39 is 0 Å². The molecule has 0 aliphatic heterocycles. The Hall–Kier alpha value is 0.500. The number of alkyl halides is 1. The molecule has 1 atom stereocenters. The molecule has 0 rings (SSSR count). The first-order chi connectivity index (χ1) is 7.14. The second-order valence-electron chi connectivity index (χ2n) is 4.50. The lowest BCUT2D eigenvalue weighted by Gasteiger charge is -2.39. The maximum atomic E-state index is 9.73. The molecule has 100 valence electrons. The first-order valence-electron chi connectivity index (χ1n) is 6.23. The number of hydrogen-bond donors (Lipinski definition) is 1. The van der Waals surface area contributed by atoms with E-state index in [9.17, 15) is 5.11 Å². The van der Waals surface area contributed by atoms with E-state index in [1.165, 1.54) is 19.3 Å². The third kappa shape index (κ3) is 6.95. The summed E-state index contributed by atoms with van der Waals surface area (Å²) < 4.78 is 1.04. The highest BCUT2D eigenvalue weighted by atomic mass is 35.5. The molecule has 0 aliphatic rings. The van der Waals surface area contributed by atoms with Crippen molar-refractivity contribution in [2.75, 3.05) is 32.1 Å². The molecular weight excluding hydrogens is 245 g/mol. The number of rotatable bonds is 9. The second-order valence-corrected chi connectivity index (χ2v) is 4.81. The van der Waals surface area contributed by atoms with E-state index in [0.29, 0.717) is 5.88 Å². The molecule has 0 aromatic rings. The fourth-order valence-corrected chi connectivity index (χ4v) is 2.63. The van der Waals surface area contributed by atoms with Crippen molar-refractivity contribution < 1.29 is 22.0 Å². The Morgan fingerprint density at radius 3 is 1.62 bits per heavy atom. The Kier molecular flexibility index (Phi) is 12.5. The van der Waals surface area contributed by atoms with E-state index in [0.717, 1.165) is 30.7 Å². The third-order valence-electron chi connectivity index (χ3n) is 2.87. The van der Waals surface area contributed by atoms with Gasteiger partial charge in [0.25, 0.3) is 0 Å². The highest BCUT2D eigenvalue weighted by molar-refractivity contribution is 6.18. The number of halogens is 2. The van der Waals surface area contributed by atoms with Crippen molar-refractivity contribution in [3.63, 3.8) is 0 Å². The van der Waals surface area contributed by atoms with Crippen LogP contribution in [0.2, 0.25) is 0 Å². The zero-order valence-electron chi connectivity index (χ0n) is 10.9. The third-order valence-corrected chi connectivity index (χ3v) is 3.23. The fraction of sp³-hybridized carbons (Fsp3) is 1.00. The van der Waals surface area contributed by atoms with Crippen molar-refractivity contribution in [1.29, 1.82) is 0 Å². The quantitative estimate of drug-likeness (QED) is 0.449. The normalized spacial score (nSPS) is 13.3. The van der Waals surface area contributed by atoms with Crippen LogP contribution in [0.5, 0.6) is 0 Å². The summed E-state index contributed by atoms with van der Waals surface area (Å²) in [7, 11) is 0. The van der Waals surface area contributed by atoms with Crippen LogP contribution in [-0.4, -0.2) is 47.8 Å². The molecule has 2 nitrogen and oxygen atoms in total. The summed E-state index contributed by atoms with van der Waals surface area (Å²) in [6.45, 7) is 10.9. The van der Waals surface area contributed by atoms with Gasteiger partial charge in [-0.3, -0.25) is 0 Å². The SMILES string of the molecule is CCC[N+](CCC)(CCC)CC(O)CCl.[Cl-]. The second kappa shape index (κ2) is 10.6. The number of hydrogen-bond acceptors (Lipinski definition) is 1. The first kappa shape index (κ1) is 18.9. The molecule has 0 saturated heterocycles. The van der Waals surface area contributed by atoms with Crippen LogP contribution in [0.4, 0.5) is 0 Å². The number of aliphatic hydroxyl groups excluding tert-OH is 1. The van der Waals surface area contributed by atoms with Gasteiger partial charge in [0.05, 0.1) is 25.5 Å². The van der Waals surface area contributed by atoms with Crippen LogP contribution < -0.4 is 12.4 Å². The van der Waals surface area contributed by atoms with Crippen LogP contribution in [0.1, 0.15) is 40.0 Å². The van der Waals surface area contributed by atoms with E-state index >= 15 is 0 Å². The van der Waals surface area contributed by atoms with Gasteiger partial charge in [0.1, 0.15) is 12.6 Å². The highest BCUT2D eigenvalue weighted by Crippen LogP contribution is 2.13. The predicted octanol–water partition coefficient (Wildman–Crippen LogP) is -0.363. The molecular formula is C12H27Cl2NO. The summed E-state index contributed by atoms with van der Waals surface area (Å²) in [5.41, 5.74) is 0. The van der Waals surface area contributed by atoms with Crippen LogP contribution in [0.15, 0.2) is 0 Å². The van der Waals surface area contributed by atoms with Gasteiger partial charge in [-0.15, -0.1) is 11.6 Å². The Labute approximate surface area is 112 Å². The Morgan fingerprint density at radius 1 is 1.00 bits per heavy atom. The van der Waals surface area contributed by atoms with Crippen LogP contribution >= 0.6 is 11.6 Å². The molecule has 0 bridgehead atoms. The van der Waals surface area contributed by atoms with E-state index in [4.69, 9.17) is 11.6 Å². The molecule has 1 N–H and O–H groups in total. The number of aliphatic hydroxyl groups is 1. The largest absolute Gasteiger partial charge is 1.00 e. The minimum Gasteiger partial charge on any atom is -1.00 e. The Bertz CT molecular complexity index is 139. The maximum absolute atomic E-state index is 9.73. The molecule has 1 unspecified atom stereocenters. The van der Waals surface area contributed by atoms with E-state index in [1.807, 2.05) is 0 Å². The molecule has 0 aliphatic carbocycles.